The highest BCUT2D eigenvalue weighted by Crippen LogP contribution is 2.23. The molecule has 2 aromatic rings. The number of benzene rings is 1. The standard InChI is InChI=1S/C15H17N3O2/c1-17-8-7-13-11(10-17)9-16-18(13)14-6-4-3-5-12(14)15(19)20-2/h3-6,9H,7-8,10H2,1-2H3. The van der Waals surface area contributed by atoms with E-state index in [9.17, 15) is 4.79 Å². The molecule has 2 heterocycles. The topological polar surface area (TPSA) is 47.4 Å². The molecular weight excluding hydrogens is 254 g/mol. The summed E-state index contributed by atoms with van der Waals surface area (Å²) in [6.07, 6.45) is 2.82. The van der Waals surface area contributed by atoms with Crippen LogP contribution >= 0.6 is 0 Å². The van der Waals surface area contributed by atoms with Crippen molar-refractivity contribution in [1.29, 1.82) is 0 Å². The Morgan fingerprint density at radius 1 is 1.35 bits per heavy atom. The van der Waals surface area contributed by atoms with E-state index in [1.54, 1.807) is 6.07 Å². The Labute approximate surface area is 117 Å². The lowest BCUT2D eigenvalue weighted by molar-refractivity contribution is 0.0600. The monoisotopic (exact) mass is 271 g/mol. The molecule has 1 aromatic carbocycles. The normalized spacial score (nSPS) is 14.9. The van der Waals surface area contributed by atoms with Crippen molar-refractivity contribution in [2.45, 2.75) is 13.0 Å². The number of carbonyl (C=O) groups excluding carboxylic acids is 1. The van der Waals surface area contributed by atoms with Crippen molar-refractivity contribution in [2.24, 2.45) is 0 Å². The van der Waals surface area contributed by atoms with Crippen LogP contribution in [-0.4, -0.2) is 41.4 Å². The second kappa shape index (κ2) is 5.09. The maximum absolute atomic E-state index is 11.9. The lowest BCUT2D eigenvalue weighted by atomic mass is 10.1. The van der Waals surface area contributed by atoms with E-state index in [1.807, 2.05) is 29.1 Å². The Hall–Kier alpha value is -2.14. The second-order valence-corrected chi connectivity index (χ2v) is 5.02. The molecule has 0 atom stereocenters. The highest BCUT2D eigenvalue weighted by Gasteiger charge is 2.21. The molecule has 0 amide bonds. The summed E-state index contributed by atoms with van der Waals surface area (Å²) in [5.74, 6) is -0.335. The quantitative estimate of drug-likeness (QED) is 0.779. The Balaban J connectivity index is 2.09. The maximum Gasteiger partial charge on any atom is 0.340 e. The molecule has 3 rings (SSSR count). The number of nitrogens with zero attached hydrogens (tertiary/aromatic N) is 3. The van der Waals surface area contributed by atoms with Crippen molar-refractivity contribution in [3.8, 4) is 5.69 Å². The van der Waals surface area contributed by atoms with Crippen LogP contribution in [0, 0.1) is 0 Å². The van der Waals surface area contributed by atoms with Gasteiger partial charge in [0.15, 0.2) is 0 Å². The van der Waals surface area contributed by atoms with E-state index in [0.717, 1.165) is 25.2 Å². The van der Waals surface area contributed by atoms with Crippen LogP contribution in [0.4, 0.5) is 0 Å². The van der Waals surface area contributed by atoms with E-state index >= 15 is 0 Å². The Morgan fingerprint density at radius 2 is 2.15 bits per heavy atom. The first-order valence-electron chi connectivity index (χ1n) is 6.62. The van der Waals surface area contributed by atoms with Crippen molar-refractivity contribution in [3.05, 3.63) is 47.3 Å². The molecule has 104 valence electrons. The van der Waals surface area contributed by atoms with E-state index in [2.05, 4.69) is 17.0 Å². The van der Waals surface area contributed by atoms with E-state index in [-0.39, 0.29) is 5.97 Å². The molecule has 0 fully saturated rings. The average molecular weight is 271 g/mol. The molecule has 1 aliphatic rings. The minimum atomic E-state index is -0.335. The summed E-state index contributed by atoms with van der Waals surface area (Å²) in [5, 5.41) is 4.46. The van der Waals surface area contributed by atoms with Crippen molar-refractivity contribution in [3.63, 3.8) is 0 Å². The zero-order valence-corrected chi connectivity index (χ0v) is 11.7. The number of para-hydroxylation sites is 1. The molecule has 0 spiro atoms. The number of hydrogen-bond donors (Lipinski definition) is 0. The fraction of sp³-hybridized carbons (Fsp3) is 0.333. The number of aromatic nitrogens is 2. The smallest absolute Gasteiger partial charge is 0.340 e. The summed E-state index contributed by atoms with van der Waals surface area (Å²) in [7, 11) is 3.50. The Bertz CT molecular complexity index is 648. The molecular formula is C15H17N3O2. The fourth-order valence-corrected chi connectivity index (χ4v) is 2.62. The molecule has 0 aliphatic carbocycles. The third-order valence-electron chi connectivity index (χ3n) is 3.66. The minimum Gasteiger partial charge on any atom is -0.465 e. The van der Waals surface area contributed by atoms with Crippen LogP contribution in [0.5, 0.6) is 0 Å². The largest absolute Gasteiger partial charge is 0.465 e. The van der Waals surface area contributed by atoms with Gasteiger partial charge in [-0.1, -0.05) is 12.1 Å². The first kappa shape index (κ1) is 12.9. The van der Waals surface area contributed by atoms with Crippen molar-refractivity contribution < 1.29 is 9.53 Å². The first-order valence-corrected chi connectivity index (χ1v) is 6.62. The van der Waals surface area contributed by atoms with Gasteiger partial charge >= 0.3 is 5.97 Å². The highest BCUT2D eigenvalue weighted by atomic mass is 16.5. The Kier molecular flexibility index (Phi) is 3.28. The van der Waals surface area contributed by atoms with Crippen LogP contribution in [0.2, 0.25) is 0 Å². The molecule has 1 aliphatic heterocycles. The summed E-state index contributed by atoms with van der Waals surface area (Å²) in [5.41, 5.74) is 3.72. The predicted molar refractivity (Wildman–Crippen MR) is 74.9 cm³/mol. The van der Waals surface area contributed by atoms with Gasteiger partial charge in [-0.25, -0.2) is 9.48 Å². The molecule has 0 unspecified atom stereocenters. The summed E-state index contributed by atoms with van der Waals surface area (Å²) >= 11 is 0. The molecule has 5 heteroatoms. The molecule has 0 radical (unpaired) electrons. The third-order valence-corrected chi connectivity index (χ3v) is 3.66. The SMILES string of the molecule is COC(=O)c1ccccc1-n1ncc2c1CCN(C)C2. The number of fused-ring (bicyclic) bond motifs is 1. The first-order chi connectivity index (χ1) is 9.70. The summed E-state index contributed by atoms with van der Waals surface area (Å²) in [4.78, 5) is 14.1. The van der Waals surface area contributed by atoms with Crippen LogP contribution in [0.25, 0.3) is 5.69 Å². The molecule has 1 aromatic heterocycles. The van der Waals surface area contributed by atoms with Gasteiger partial charge < -0.3 is 9.64 Å². The van der Waals surface area contributed by atoms with Gasteiger partial charge in [0.25, 0.3) is 0 Å². The van der Waals surface area contributed by atoms with Gasteiger partial charge in [-0.2, -0.15) is 5.10 Å². The predicted octanol–water partition coefficient (Wildman–Crippen LogP) is 1.65. The maximum atomic E-state index is 11.9. The summed E-state index contributed by atoms with van der Waals surface area (Å²) < 4.78 is 6.72. The Morgan fingerprint density at radius 3 is 2.95 bits per heavy atom. The number of methoxy groups -OCH3 is 1. The van der Waals surface area contributed by atoms with Crippen LogP contribution < -0.4 is 0 Å². The number of ether oxygens (including phenoxy) is 1. The van der Waals surface area contributed by atoms with Gasteiger partial charge in [-0.3, -0.25) is 0 Å². The van der Waals surface area contributed by atoms with Crippen molar-refractivity contribution in [1.82, 2.24) is 14.7 Å². The third kappa shape index (κ3) is 2.10. The van der Waals surface area contributed by atoms with Gasteiger partial charge in [-0.15, -0.1) is 0 Å². The molecule has 5 nitrogen and oxygen atoms in total. The van der Waals surface area contributed by atoms with Gasteiger partial charge in [0.1, 0.15) is 0 Å². The lowest BCUT2D eigenvalue weighted by Gasteiger charge is -2.23. The second-order valence-electron chi connectivity index (χ2n) is 5.02. The van der Waals surface area contributed by atoms with Gasteiger partial charge in [0.2, 0.25) is 0 Å². The zero-order chi connectivity index (χ0) is 14.1. The number of esters is 1. The van der Waals surface area contributed by atoms with Crippen molar-refractivity contribution >= 4 is 5.97 Å². The number of rotatable bonds is 2. The zero-order valence-electron chi connectivity index (χ0n) is 11.7. The van der Waals surface area contributed by atoms with E-state index in [0.29, 0.717) is 5.56 Å². The number of hydrogen-bond acceptors (Lipinski definition) is 4. The van der Waals surface area contributed by atoms with E-state index < -0.39 is 0 Å². The minimum absolute atomic E-state index is 0.335. The summed E-state index contributed by atoms with van der Waals surface area (Å²) in [6.45, 7) is 1.90. The number of likely N-dealkylation sites (N-methyl/N-ethyl adjacent to an activating group) is 1. The average Bonchev–Trinajstić information content (AvgIpc) is 2.89. The lowest BCUT2D eigenvalue weighted by Crippen LogP contribution is -2.27. The molecule has 0 saturated carbocycles. The molecule has 20 heavy (non-hydrogen) atoms. The molecule has 0 N–H and O–H groups in total. The van der Waals surface area contributed by atoms with Gasteiger partial charge in [0, 0.05) is 25.1 Å². The van der Waals surface area contributed by atoms with Gasteiger partial charge in [-0.05, 0) is 19.2 Å². The van der Waals surface area contributed by atoms with E-state index in [4.69, 9.17) is 4.74 Å². The number of carbonyl (C=O) groups is 1. The van der Waals surface area contributed by atoms with Gasteiger partial charge in [0.05, 0.1) is 30.3 Å². The fourth-order valence-electron chi connectivity index (χ4n) is 2.62. The van der Waals surface area contributed by atoms with Crippen LogP contribution in [0.15, 0.2) is 30.5 Å². The van der Waals surface area contributed by atoms with E-state index in [1.165, 1.54) is 18.4 Å². The van der Waals surface area contributed by atoms with Crippen LogP contribution in [0.1, 0.15) is 21.6 Å². The molecule has 0 bridgehead atoms. The van der Waals surface area contributed by atoms with Crippen LogP contribution in [-0.2, 0) is 17.7 Å². The van der Waals surface area contributed by atoms with Crippen LogP contribution in [0.3, 0.4) is 0 Å². The molecule has 0 saturated heterocycles. The summed E-state index contributed by atoms with van der Waals surface area (Å²) in [6, 6.07) is 7.41. The van der Waals surface area contributed by atoms with Crippen molar-refractivity contribution in [2.75, 3.05) is 20.7 Å². The highest BCUT2D eigenvalue weighted by molar-refractivity contribution is 5.93.